The van der Waals surface area contributed by atoms with Gasteiger partial charge in [-0.25, -0.2) is 4.98 Å². The van der Waals surface area contributed by atoms with E-state index >= 15 is 0 Å². The Bertz CT molecular complexity index is 609. The van der Waals surface area contributed by atoms with Crippen LogP contribution in [0, 0.1) is 0 Å². The fraction of sp³-hybridized carbons (Fsp3) is 0.312. The van der Waals surface area contributed by atoms with Crippen molar-refractivity contribution in [3.05, 3.63) is 51.6 Å². The zero-order valence-electron chi connectivity index (χ0n) is 12.3. The summed E-state index contributed by atoms with van der Waals surface area (Å²) < 4.78 is 1.08. The zero-order chi connectivity index (χ0) is 15.5. The Hall–Kier alpha value is -0.550. The van der Waals surface area contributed by atoms with Crippen molar-refractivity contribution in [2.75, 3.05) is 0 Å². The number of hydrogen-bond acceptors (Lipinski definition) is 3. The summed E-state index contributed by atoms with van der Waals surface area (Å²) in [7, 11) is 0. The number of halogens is 2. The van der Waals surface area contributed by atoms with E-state index in [0.29, 0.717) is 5.02 Å². The van der Waals surface area contributed by atoms with Crippen molar-refractivity contribution < 1.29 is 0 Å². The minimum Gasteiger partial charge on any atom is -0.308 e. The first-order valence-electron chi connectivity index (χ1n) is 6.66. The fourth-order valence-electron chi connectivity index (χ4n) is 1.68. The van der Waals surface area contributed by atoms with E-state index in [4.69, 9.17) is 11.6 Å². The van der Waals surface area contributed by atoms with Crippen molar-refractivity contribution in [2.24, 2.45) is 0 Å². The van der Waals surface area contributed by atoms with Gasteiger partial charge in [-0.05, 0) is 56.7 Å². The van der Waals surface area contributed by atoms with E-state index < -0.39 is 0 Å². The van der Waals surface area contributed by atoms with Crippen LogP contribution in [0.15, 0.2) is 50.9 Å². The van der Waals surface area contributed by atoms with Crippen LogP contribution in [0.25, 0.3) is 0 Å². The van der Waals surface area contributed by atoms with E-state index in [9.17, 15) is 0 Å². The molecule has 0 bridgehead atoms. The lowest BCUT2D eigenvalue weighted by molar-refractivity contribution is 0.422. The van der Waals surface area contributed by atoms with Crippen LogP contribution in [0.4, 0.5) is 0 Å². The van der Waals surface area contributed by atoms with E-state index in [2.05, 4.69) is 65.2 Å². The maximum Gasteiger partial charge on any atom is 0.101 e. The van der Waals surface area contributed by atoms with Crippen LogP contribution in [0.1, 0.15) is 26.3 Å². The van der Waals surface area contributed by atoms with Gasteiger partial charge < -0.3 is 5.32 Å². The van der Waals surface area contributed by atoms with Gasteiger partial charge in [-0.15, -0.1) is 0 Å². The van der Waals surface area contributed by atoms with E-state index in [0.717, 1.165) is 16.0 Å². The van der Waals surface area contributed by atoms with Crippen molar-refractivity contribution in [3.8, 4) is 0 Å². The molecule has 0 amide bonds. The first-order valence-corrected chi connectivity index (χ1v) is 8.65. The van der Waals surface area contributed by atoms with Gasteiger partial charge in [0.05, 0.1) is 5.02 Å². The number of pyridine rings is 1. The monoisotopic (exact) mass is 384 g/mol. The summed E-state index contributed by atoms with van der Waals surface area (Å²) in [4.78, 5) is 5.54. The predicted octanol–water partition coefficient (Wildman–Crippen LogP) is 5.54. The third-order valence-electron chi connectivity index (χ3n) is 2.75. The molecule has 0 saturated heterocycles. The summed E-state index contributed by atoms with van der Waals surface area (Å²) in [6.07, 6.45) is 1.68. The van der Waals surface area contributed by atoms with Crippen molar-refractivity contribution in [1.29, 1.82) is 0 Å². The standard InChI is InChI=1S/C16H18BrClN2S/c1-16(2,3)20-9-11-8-12(17)4-6-14(11)21-15-7-5-13(18)10-19-15/h4-8,10,20H,9H2,1-3H3. The average molecular weight is 386 g/mol. The second-order valence-electron chi connectivity index (χ2n) is 5.77. The van der Waals surface area contributed by atoms with Crippen LogP contribution in [-0.4, -0.2) is 10.5 Å². The number of rotatable bonds is 4. The van der Waals surface area contributed by atoms with Crippen molar-refractivity contribution >= 4 is 39.3 Å². The second kappa shape index (κ2) is 7.14. The van der Waals surface area contributed by atoms with Gasteiger partial charge in [-0.3, -0.25) is 0 Å². The summed E-state index contributed by atoms with van der Waals surface area (Å²) in [6, 6.07) is 10.1. The van der Waals surface area contributed by atoms with Crippen LogP contribution in [-0.2, 0) is 6.54 Å². The normalized spacial score (nSPS) is 11.7. The van der Waals surface area contributed by atoms with Crippen LogP contribution >= 0.6 is 39.3 Å². The highest BCUT2D eigenvalue weighted by molar-refractivity contribution is 9.10. The molecule has 2 aromatic rings. The predicted molar refractivity (Wildman–Crippen MR) is 94.1 cm³/mol. The highest BCUT2D eigenvalue weighted by Gasteiger charge is 2.12. The molecule has 1 N–H and O–H groups in total. The minimum atomic E-state index is 0.0861. The molecule has 0 atom stereocenters. The van der Waals surface area contributed by atoms with Crippen LogP contribution in [0.5, 0.6) is 0 Å². The summed E-state index contributed by atoms with van der Waals surface area (Å²) in [5.74, 6) is 0. The molecule has 2 rings (SSSR count). The Balaban J connectivity index is 2.20. The Morgan fingerprint density at radius 3 is 2.62 bits per heavy atom. The van der Waals surface area contributed by atoms with Crippen LogP contribution in [0.2, 0.25) is 5.02 Å². The quantitative estimate of drug-likeness (QED) is 0.748. The molecule has 1 aromatic heterocycles. The summed E-state index contributed by atoms with van der Waals surface area (Å²) >= 11 is 11.1. The molecular weight excluding hydrogens is 368 g/mol. The SMILES string of the molecule is CC(C)(C)NCc1cc(Br)ccc1Sc1ccc(Cl)cn1. The van der Waals surface area contributed by atoms with E-state index in [1.807, 2.05) is 12.1 Å². The molecule has 0 spiro atoms. The highest BCUT2D eigenvalue weighted by Crippen LogP contribution is 2.31. The molecule has 0 aliphatic rings. The van der Waals surface area contributed by atoms with Gasteiger partial charge >= 0.3 is 0 Å². The minimum absolute atomic E-state index is 0.0861. The van der Waals surface area contributed by atoms with Gasteiger partial charge in [0.1, 0.15) is 5.03 Å². The Labute approximate surface area is 143 Å². The van der Waals surface area contributed by atoms with Crippen molar-refractivity contribution in [1.82, 2.24) is 10.3 Å². The average Bonchev–Trinajstić information content (AvgIpc) is 2.40. The molecule has 1 aromatic carbocycles. The first kappa shape index (κ1) is 16.8. The third kappa shape index (κ3) is 5.62. The maximum absolute atomic E-state index is 5.88. The largest absolute Gasteiger partial charge is 0.308 e. The molecule has 1 heterocycles. The summed E-state index contributed by atoms with van der Waals surface area (Å²) in [6.45, 7) is 7.31. The van der Waals surface area contributed by atoms with Gasteiger partial charge in [0.15, 0.2) is 0 Å². The Morgan fingerprint density at radius 2 is 2.00 bits per heavy atom. The molecule has 0 radical (unpaired) electrons. The fourth-order valence-corrected chi connectivity index (χ4v) is 3.07. The van der Waals surface area contributed by atoms with Gasteiger partial charge in [-0.1, -0.05) is 39.3 Å². The van der Waals surface area contributed by atoms with Gasteiger partial charge in [0.25, 0.3) is 0 Å². The number of benzene rings is 1. The molecule has 112 valence electrons. The Morgan fingerprint density at radius 1 is 1.24 bits per heavy atom. The molecule has 2 nitrogen and oxygen atoms in total. The second-order valence-corrected chi connectivity index (χ2v) is 8.19. The molecule has 21 heavy (non-hydrogen) atoms. The lowest BCUT2D eigenvalue weighted by Gasteiger charge is -2.21. The zero-order valence-corrected chi connectivity index (χ0v) is 15.4. The molecule has 0 fully saturated rings. The van der Waals surface area contributed by atoms with Gasteiger partial charge in [-0.2, -0.15) is 0 Å². The molecule has 0 unspecified atom stereocenters. The van der Waals surface area contributed by atoms with E-state index in [-0.39, 0.29) is 5.54 Å². The maximum atomic E-state index is 5.88. The smallest absolute Gasteiger partial charge is 0.101 e. The first-order chi connectivity index (χ1) is 9.83. The van der Waals surface area contributed by atoms with E-state index in [1.54, 1.807) is 18.0 Å². The van der Waals surface area contributed by atoms with E-state index in [1.165, 1.54) is 10.5 Å². The Kier molecular flexibility index (Phi) is 5.72. The van der Waals surface area contributed by atoms with Crippen LogP contribution < -0.4 is 5.32 Å². The molecule has 0 aliphatic heterocycles. The molecule has 0 aliphatic carbocycles. The molecule has 0 saturated carbocycles. The van der Waals surface area contributed by atoms with Crippen LogP contribution in [0.3, 0.4) is 0 Å². The number of hydrogen-bond donors (Lipinski definition) is 1. The van der Waals surface area contributed by atoms with Gasteiger partial charge in [0, 0.05) is 27.6 Å². The number of nitrogens with one attached hydrogen (secondary N) is 1. The lowest BCUT2D eigenvalue weighted by Crippen LogP contribution is -2.35. The lowest BCUT2D eigenvalue weighted by atomic mass is 10.1. The number of aromatic nitrogens is 1. The topological polar surface area (TPSA) is 24.9 Å². The number of nitrogens with zero attached hydrogens (tertiary/aromatic N) is 1. The summed E-state index contributed by atoms with van der Waals surface area (Å²) in [5, 5.41) is 5.13. The highest BCUT2D eigenvalue weighted by atomic mass is 79.9. The molecule has 5 heteroatoms. The van der Waals surface area contributed by atoms with Crippen molar-refractivity contribution in [2.45, 2.75) is 42.8 Å². The van der Waals surface area contributed by atoms with Crippen molar-refractivity contribution in [3.63, 3.8) is 0 Å². The third-order valence-corrected chi connectivity index (χ3v) is 4.53. The molecular formula is C16H18BrClN2S. The van der Waals surface area contributed by atoms with Gasteiger partial charge in [0.2, 0.25) is 0 Å². The summed E-state index contributed by atoms with van der Waals surface area (Å²) in [5.41, 5.74) is 1.34.